The van der Waals surface area contributed by atoms with Gasteiger partial charge in [0, 0.05) is 7.05 Å². The van der Waals surface area contributed by atoms with Gasteiger partial charge in [-0.3, -0.25) is 0 Å². The predicted octanol–water partition coefficient (Wildman–Crippen LogP) is -0.119. The van der Waals surface area contributed by atoms with E-state index in [1.807, 2.05) is 19.2 Å². The molecule has 0 saturated heterocycles. The highest BCUT2D eigenvalue weighted by molar-refractivity contribution is 6.32. The van der Waals surface area contributed by atoms with E-state index in [0.29, 0.717) is 11.0 Å². The fraction of sp³-hybridized carbons (Fsp3) is 0.375. The number of rotatable bonds is 1. The second-order valence-corrected chi connectivity index (χ2v) is 3.43. The molecule has 2 unspecified atom stereocenters. The Morgan fingerprint density at radius 3 is 3.08 bits per heavy atom. The van der Waals surface area contributed by atoms with E-state index in [2.05, 4.69) is 15.6 Å². The number of nitrogens with two attached hydrogens (primary N) is 1. The molecule has 0 aromatic carbocycles. The molecule has 0 radical (unpaired) electrons. The maximum absolute atomic E-state index is 6.00. The molecule has 70 valence electrons. The second-order valence-electron chi connectivity index (χ2n) is 3.02. The SMILES string of the molecule is CNC1=CC2N=C(N)NC2C=C1Cl. The summed E-state index contributed by atoms with van der Waals surface area (Å²) in [7, 11) is 1.83. The molecular weight excluding hydrogens is 188 g/mol. The minimum atomic E-state index is 0.0740. The van der Waals surface area contributed by atoms with Crippen molar-refractivity contribution < 1.29 is 0 Å². The van der Waals surface area contributed by atoms with Gasteiger partial charge in [-0.05, 0) is 12.2 Å². The first-order chi connectivity index (χ1) is 6.20. The molecule has 1 aliphatic heterocycles. The number of nitrogens with one attached hydrogen (secondary N) is 2. The van der Waals surface area contributed by atoms with E-state index >= 15 is 0 Å². The van der Waals surface area contributed by atoms with Crippen LogP contribution in [0.2, 0.25) is 0 Å². The van der Waals surface area contributed by atoms with Crippen molar-refractivity contribution in [1.29, 1.82) is 0 Å². The van der Waals surface area contributed by atoms with Crippen molar-refractivity contribution in [2.75, 3.05) is 7.05 Å². The first-order valence-electron chi connectivity index (χ1n) is 4.08. The lowest BCUT2D eigenvalue weighted by Crippen LogP contribution is -2.37. The molecule has 2 aliphatic rings. The molecule has 1 heterocycles. The van der Waals surface area contributed by atoms with E-state index in [4.69, 9.17) is 17.3 Å². The number of allylic oxidation sites excluding steroid dienone is 1. The number of hydrogen-bond donors (Lipinski definition) is 3. The average Bonchev–Trinajstić information content (AvgIpc) is 2.42. The number of likely N-dealkylation sites (N-methyl/N-ethyl adjacent to an activating group) is 1. The van der Waals surface area contributed by atoms with Gasteiger partial charge in [0.25, 0.3) is 0 Å². The molecule has 0 fully saturated rings. The summed E-state index contributed by atoms with van der Waals surface area (Å²) >= 11 is 6.00. The van der Waals surface area contributed by atoms with Crippen LogP contribution in [0.15, 0.2) is 27.9 Å². The van der Waals surface area contributed by atoms with Crippen LogP contribution in [0.4, 0.5) is 0 Å². The lowest BCUT2D eigenvalue weighted by atomic mass is 10.0. The Morgan fingerprint density at radius 2 is 2.38 bits per heavy atom. The van der Waals surface area contributed by atoms with Crippen LogP contribution in [-0.2, 0) is 0 Å². The zero-order valence-corrected chi connectivity index (χ0v) is 7.97. The molecular formula is C8H11ClN4. The van der Waals surface area contributed by atoms with Gasteiger partial charge in [0.1, 0.15) is 0 Å². The standard InChI is InChI=1S/C8H11ClN4/c1-11-5-3-7-6(2-4(5)9)12-8(10)13-7/h2-3,6-7,11H,1H3,(H3,10,12,13). The highest BCUT2D eigenvalue weighted by atomic mass is 35.5. The molecule has 5 heteroatoms. The monoisotopic (exact) mass is 198 g/mol. The first kappa shape index (κ1) is 8.44. The van der Waals surface area contributed by atoms with Gasteiger partial charge in [-0.1, -0.05) is 11.6 Å². The lowest BCUT2D eigenvalue weighted by Gasteiger charge is -2.19. The lowest BCUT2D eigenvalue weighted by molar-refractivity contribution is 0.680. The molecule has 0 amide bonds. The van der Waals surface area contributed by atoms with E-state index in [1.54, 1.807) is 0 Å². The third-order valence-electron chi connectivity index (χ3n) is 2.16. The summed E-state index contributed by atoms with van der Waals surface area (Å²) in [4.78, 5) is 4.21. The van der Waals surface area contributed by atoms with E-state index in [1.165, 1.54) is 0 Å². The zero-order valence-electron chi connectivity index (χ0n) is 7.21. The molecule has 4 N–H and O–H groups in total. The Kier molecular flexibility index (Phi) is 1.92. The van der Waals surface area contributed by atoms with Crippen molar-refractivity contribution in [2.24, 2.45) is 10.7 Å². The third kappa shape index (κ3) is 1.37. The van der Waals surface area contributed by atoms with E-state index in [-0.39, 0.29) is 12.1 Å². The van der Waals surface area contributed by atoms with Crippen molar-refractivity contribution in [3.05, 3.63) is 22.9 Å². The maximum Gasteiger partial charge on any atom is 0.189 e. The van der Waals surface area contributed by atoms with Gasteiger partial charge in [0.2, 0.25) is 0 Å². The van der Waals surface area contributed by atoms with E-state index in [9.17, 15) is 0 Å². The Hall–Kier alpha value is -1.16. The molecule has 0 aromatic rings. The minimum absolute atomic E-state index is 0.0740. The third-order valence-corrected chi connectivity index (χ3v) is 2.49. The Bertz CT molecular complexity index is 318. The van der Waals surface area contributed by atoms with Crippen LogP contribution < -0.4 is 16.4 Å². The predicted molar refractivity (Wildman–Crippen MR) is 53.4 cm³/mol. The van der Waals surface area contributed by atoms with Crippen LogP contribution in [-0.4, -0.2) is 25.1 Å². The Labute approximate surface area is 81.5 Å². The highest BCUT2D eigenvalue weighted by Gasteiger charge is 2.28. The summed E-state index contributed by atoms with van der Waals surface area (Å²) in [5, 5.41) is 6.74. The summed E-state index contributed by atoms with van der Waals surface area (Å²) in [6, 6.07) is 0.189. The smallest absolute Gasteiger partial charge is 0.189 e. The van der Waals surface area contributed by atoms with Gasteiger partial charge in [-0.2, -0.15) is 0 Å². The number of fused-ring (bicyclic) bond motifs is 1. The average molecular weight is 199 g/mol. The van der Waals surface area contributed by atoms with E-state index in [0.717, 1.165) is 5.70 Å². The Morgan fingerprint density at radius 1 is 1.62 bits per heavy atom. The summed E-state index contributed by atoms with van der Waals surface area (Å²) in [5.41, 5.74) is 6.45. The molecule has 0 aromatic heterocycles. The Balaban J connectivity index is 2.28. The van der Waals surface area contributed by atoms with Crippen LogP contribution in [0.25, 0.3) is 0 Å². The van der Waals surface area contributed by atoms with Gasteiger partial charge in [0.15, 0.2) is 5.96 Å². The van der Waals surface area contributed by atoms with Crippen LogP contribution in [0.3, 0.4) is 0 Å². The van der Waals surface area contributed by atoms with Crippen molar-refractivity contribution in [1.82, 2.24) is 10.6 Å². The summed E-state index contributed by atoms with van der Waals surface area (Å²) in [6.07, 6.45) is 3.89. The number of guanidine groups is 1. The van der Waals surface area contributed by atoms with Gasteiger partial charge in [0.05, 0.1) is 22.8 Å². The first-order valence-corrected chi connectivity index (χ1v) is 4.45. The van der Waals surface area contributed by atoms with Crippen molar-refractivity contribution in [3.8, 4) is 0 Å². The quantitative estimate of drug-likeness (QED) is 0.551. The largest absolute Gasteiger partial charge is 0.387 e. The second kappa shape index (κ2) is 2.96. The normalized spacial score (nSPS) is 31.1. The molecule has 2 rings (SSSR count). The van der Waals surface area contributed by atoms with Gasteiger partial charge >= 0.3 is 0 Å². The summed E-state index contributed by atoms with van der Waals surface area (Å²) in [5.74, 6) is 0.476. The highest BCUT2D eigenvalue weighted by Crippen LogP contribution is 2.23. The molecule has 0 saturated carbocycles. The molecule has 1 aliphatic carbocycles. The number of aliphatic imine (C=N–C) groups is 1. The topological polar surface area (TPSA) is 62.4 Å². The van der Waals surface area contributed by atoms with Crippen molar-refractivity contribution in [2.45, 2.75) is 12.1 Å². The number of halogens is 1. The molecule has 4 nitrogen and oxygen atoms in total. The van der Waals surface area contributed by atoms with Crippen LogP contribution in [0.1, 0.15) is 0 Å². The van der Waals surface area contributed by atoms with Crippen LogP contribution >= 0.6 is 11.6 Å². The van der Waals surface area contributed by atoms with Crippen LogP contribution in [0, 0.1) is 0 Å². The molecule has 13 heavy (non-hydrogen) atoms. The molecule has 0 bridgehead atoms. The van der Waals surface area contributed by atoms with Gasteiger partial charge in [-0.25, -0.2) is 4.99 Å². The fourth-order valence-corrected chi connectivity index (χ4v) is 1.81. The van der Waals surface area contributed by atoms with E-state index < -0.39 is 0 Å². The molecule has 2 atom stereocenters. The van der Waals surface area contributed by atoms with Crippen molar-refractivity contribution >= 4 is 17.6 Å². The number of hydrogen-bond acceptors (Lipinski definition) is 4. The van der Waals surface area contributed by atoms with Gasteiger partial charge in [-0.15, -0.1) is 0 Å². The fourth-order valence-electron chi connectivity index (χ4n) is 1.52. The molecule has 0 spiro atoms. The zero-order chi connectivity index (χ0) is 9.42. The summed E-state index contributed by atoms with van der Waals surface area (Å²) < 4.78 is 0. The maximum atomic E-state index is 6.00. The number of nitrogens with zero attached hydrogens (tertiary/aromatic N) is 1. The summed E-state index contributed by atoms with van der Waals surface area (Å²) in [6.45, 7) is 0. The van der Waals surface area contributed by atoms with Gasteiger partial charge < -0.3 is 16.4 Å². The minimum Gasteiger partial charge on any atom is -0.387 e. The van der Waals surface area contributed by atoms with Crippen LogP contribution in [0.5, 0.6) is 0 Å². The van der Waals surface area contributed by atoms with Crippen molar-refractivity contribution in [3.63, 3.8) is 0 Å².